The Hall–Kier alpha value is -2.56. The predicted molar refractivity (Wildman–Crippen MR) is 100 cm³/mol. The summed E-state index contributed by atoms with van der Waals surface area (Å²) in [5, 5.41) is 11.9. The number of ether oxygens (including phenoxy) is 1. The number of fused-ring (bicyclic) bond motifs is 1. The molecule has 0 radical (unpaired) electrons. The van der Waals surface area contributed by atoms with Crippen molar-refractivity contribution in [1.82, 2.24) is 4.90 Å². The first-order valence-corrected chi connectivity index (χ1v) is 8.93. The van der Waals surface area contributed by atoms with Crippen molar-refractivity contribution >= 4 is 22.8 Å². The van der Waals surface area contributed by atoms with Crippen LogP contribution in [0.1, 0.15) is 32.8 Å². The van der Waals surface area contributed by atoms with Crippen LogP contribution in [0.3, 0.4) is 0 Å². The summed E-state index contributed by atoms with van der Waals surface area (Å²) in [6, 6.07) is 13.5. The van der Waals surface area contributed by atoms with Crippen LogP contribution in [0.4, 0.5) is 4.79 Å². The Morgan fingerprint density at radius 1 is 1.15 bits per heavy atom. The zero-order valence-electron chi connectivity index (χ0n) is 15.4. The molecule has 0 aliphatic carbocycles. The van der Waals surface area contributed by atoms with Crippen molar-refractivity contribution in [2.24, 2.45) is 5.92 Å². The van der Waals surface area contributed by atoms with Crippen LogP contribution >= 0.6 is 0 Å². The van der Waals surface area contributed by atoms with Crippen LogP contribution in [0.15, 0.2) is 42.5 Å². The molecule has 2 aromatic carbocycles. The van der Waals surface area contributed by atoms with E-state index < -0.39 is 23.7 Å². The average Bonchev–Trinajstić information content (AvgIpc) is 2.98. The highest BCUT2D eigenvalue weighted by Gasteiger charge is 2.41. The molecule has 0 saturated carbocycles. The molecule has 1 aliphatic rings. The van der Waals surface area contributed by atoms with E-state index in [2.05, 4.69) is 24.3 Å². The largest absolute Gasteiger partial charge is 0.480 e. The van der Waals surface area contributed by atoms with Crippen molar-refractivity contribution in [2.75, 3.05) is 6.54 Å². The summed E-state index contributed by atoms with van der Waals surface area (Å²) in [5.41, 5.74) is 0.539. The number of carbonyl (C=O) groups is 2. The molecule has 5 heteroatoms. The summed E-state index contributed by atoms with van der Waals surface area (Å²) in [7, 11) is 0. The van der Waals surface area contributed by atoms with Crippen molar-refractivity contribution < 1.29 is 19.4 Å². The third-order valence-corrected chi connectivity index (χ3v) is 4.69. The van der Waals surface area contributed by atoms with E-state index in [-0.39, 0.29) is 5.92 Å². The Kier molecular flexibility index (Phi) is 4.90. The quantitative estimate of drug-likeness (QED) is 0.900. The van der Waals surface area contributed by atoms with Gasteiger partial charge in [0.25, 0.3) is 0 Å². The zero-order valence-corrected chi connectivity index (χ0v) is 15.4. The molecule has 0 aromatic heterocycles. The lowest BCUT2D eigenvalue weighted by molar-refractivity contribution is -0.142. The van der Waals surface area contributed by atoms with Gasteiger partial charge in [-0.2, -0.15) is 0 Å². The summed E-state index contributed by atoms with van der Waals surface area (Å²) >= 11 is 0. The second kappa shape index (κ2) is 6.98. The summed E-state index contributed by atoms with van der Waals surface area (Å²) < 4.78 is 5.39. The first-order valence-electron chi connectivity index (χ1n) is 8.93. The van der Waals surface area contributed by atoms with Gasteiger partial charge in [0, 0.05) is 6.54 Å². The smallest absolute Gasteiger partial charge is 0.411 e. The fourth-order valence-corrected chi connectivity index (χ4v) is 3.61. The van der Waals surface area contributed by atoms with E-state index in [9.17, 15) is 14.7 Å². The van der Waals surface area contributed by atoms with Gasteiger partial charge in [0.1, 0.15) is 11.6 Å². The van der Waals surface area contributed by atoms with Crippen LogP contribution in [0, 0.1) is 5.92 Å². The summed E-state index contributed by atoms with van der Waals surface area (Å²) in [6.45, 7) is 5.74. The highest BCUT2D eigenvalue weighted by Crippen LogP contribution is 2.30. The maximum atomic E-state index is 12.4. The number of nitrogens with zero attached hydrogens (tertiary/aromatic N) is 1. The number of aliphatic carboxylic acids is 1. The minimum absolute atomic E-state index is 0.0921. The molecular formula is C21H25NO4. The molecular weight excluding hydrogens is 330 g/mol. The Morgan fingerprint density at radius 2 is 1.85 bits per heavy atom. The highest BCUT2D eigenvalue weighted by atomic mass is 16.6. The Balaban J connectivity index is 1.79. The molecule has 1 N–H and O–H groups in total. The second-order valence-corrected chi connectivity index (χ2v) is 7.93. The predicted octanol–water partition coefficient (Wildman–Crippen LogP) is 4.09. The van der Waals surface area contributed by atoms with Crippen LogP contribution in [-0.4, -0.2) is 40.3 Å². The monoisotopic (exact) mass is 355 g/mol. The van der Waals surface area contributed by atoms with Crippen molar-refractivity contribution in [3.05, 3.63) is 48.0 Å². The number of likely N-dealkylation sites (tertiary alicyclic amines) is 1. The molecule has 5 nitrogen and oxygen atoms in total. The first-order chi connectivity index (χ1) is 12.2. The number of hydrogen-bond acceptors (Lipinski definition) is 3. The van der Waals surface area contributed by atoms with Gasteiger partial charge in [-0.1, -0.05) is 42.5 Å². The van der Waals surface area contributed by atoms with Gasteiger partial charge in [-0.25, -0.2) is 9.59 Å². The number of carboxylic acids is 1. The Morgan fingerprint density at radius 3 is 2.54 bits per heavy atom. The SMILES string of the molecule is CC(C)(C)OC(=O)N1CC(Cc2cccc3ccccc23)CC1C(=O)O. The number of rotatable bonds is 3. The fraction of sp³-hybridized carbons (Fsp3) is 0.429. The molecule has 2 atom stereocenters. The molecule has 0 spiro atoms. The highest BCUT2D eigenvalue weighted by molar-refractivity contribution is 5.86. The molecule has 138 valence electrons. The maximum absolute atomic E-state index is 12.4. The maximum Gasteiger partial charge on any atom is 0.411 e. The van der Waals surface area contributed by atoms with Crippen molar-refractivity contribution in [2.45, 2.75) is 45.3 Å². The van der Waals surface area contributed by atoms with Gasteiger partial charge in [-0.05, 0) is 55.9 Å². The molecule has 1 amide bonds. The van der Waals surface area contributed by atoms with Crippen LogP contribution < -0.4 is 0 Å². The molecule has 1 aliphatic heterocycles. The van der Waals surface area contributed by atoms with E-state index in [0.717, 1.165) is 6.42 Å². The van der Waals surface area contributed by atoms with E-state index in [0.29, 0.717) is 13.0 Å². The van der Waals surface area contributed by atoms with Gasteiger partial charge >= 0.3 is 12.1 Å². The van der Waals surface area contributed by atoms with Gasteiger partial charge in [0.15, 0.2) is 0 Å². The summed E-state index contributed by atoms with van der Waals surface area (Å²) in [5.74, 6) is -0.884. The van der Waals surface area contributed by atoms with E-state index >= 15 is 0 Å². The number of amides is 1. The third-order valence-electron chi connectivity index (χ3n) is 4.69. The van der Waals surface area contributed by atoms with Crippen LogP contribution in [0.5, 0.6) is 0 Å². The topological polar surface area (TPSA) is 66.8 Å². The molecule has 0 bridgehead atoms. The van der Waals surface area contributed by atoms with E-state index in [1.165, 1.54) is 21.2 Å². The normalized spacial score (nSPS) is 20.3. The van der Waals surface area contributed by atoms with Crippen molar-refractivity contribution in [3.8, 4) is 0 Å². The van der Waals surface area contributed by atoms with E-state index in [4.69, 9.17) is 4.74 Å². The van der Waals surface area contributed by atoms with Gasteiger partial charge < -0.3 is 9.84 Å². The second-order valence-electron chi connectivity index (χ2n) is 7.93. The van der Waals surface area contributed by atoms with E-state index in [1.807, 2.05) is 18.2 Å². The summed E-state index contributed by atoms with van der Waals surface area (Å²) in [4.78, 5) is 25.4. The first kappa shape index (κ1) is 18.2. The minimum atomic E-state index is -0.976. The Bertz CT molecular complexity index is 819. The lowest BCUT2D eigenvalue weighted by Crippen LogP contribution is -2.43. The molecule has 26 heavy (non-hydrogen) atoms. The number of benzene rings is 2. The van der Waals surface area contributed by atoms with Gasteiger partial charge in [0.2, 0.25) is 0 Å². The fourth-order valence-electron chi connectivity index (χ4n) is 3.61. The lowest BCUT2D eigenvalue weighted by atomic mass is 9.93. The minimum Gasteiger partial charge on any atom is -0.480 e. The van der Waals surface area contributed by atoms with Crippen molar-refractivity contribution in [3.63, 3.8) is 0 Å². The zero-order chi connectivity index (χ0) is 18.9. The Labute approximate surface area is 153 Å². The van der Waals surface area contributed by atoms with Gasteiger partial charge in [-0.3, -0.25) is 4.90 Å². The van der Waals surface area contributed by atoms with Crippen LogP contribution in [0.25, 0.3) is 10.8 Å². The number of carbonyl (C=O) groups excluding carboxylic acids is 1. The molecule has 3 rings (SSSR count). The molecule has 2 aromatic rings. The van der Waals surface area contributed by atoms with Crippen LogP contribution in [-0.2, 0) is 16.0 Å². The molecule has 1 fully saturated rings. The molecule has 1 saturated heterocycles. The third kappa shape index (κ3) is 3.98. The van der Waals surface area contributed by atoms with Crippen LogP contribution in [0.2, 0.25) is 0 Å². The van der Waals surface area contributed by atoms with Crippen molar-refractivity contribution in [1.29, 1.82) is 0 Å². The average molecular weight is 355 g/mol. The van der Waals surface area contributed by atoms with Gasteiger partial charge in [0.05, 0.1) is 0 Å². The molecule has 1 heterocycles. The van der Waals surface area contributed by atoms with E-state index in [1.54, 1.807) is 20.8 Å². The standard InChI is InChI=1S/C21H25NO4/c1-21(2,3)26-20(25)22-13-14(12-18(22)19(23)24)11-16-9-6-8-15-7-4-5-10-17(15)16/h4-10,14,18H,11-13H2,1-3H3,(H,23,24). The number of carboxylic acid groups (broad SMARTS) is 1. The molecule has 2 unspecified atom stereocenters. The number of hydrogen-bond donors (Lipinski definition) is 1. The lowest BCUT2D eigenvalue weighted by Gasteiger charge is -2.26. The summed E-state index contributed by atoms with van der Waals surface area (Å²) in [6.07, 6.45) is 0.632. The van der Waals surface area contributed by atoms with Gasteiger partial charge in [-0.15, -0.1) is 0 Å².